The molecule has 1 amide bonds. The van der Waals surface area contributed by atoms with Crippen LogP contribution >= 0.6 is 36.2 Å². The van der Waals surface area contributed by atoms with Gasteiger partial charge in [-0.1, -0.05) is 13.8 Å². The summed E-state index contributed by atoms with van der Waals surface area (Å²) < 4.78 is 0. The van der Waals surface area contributed by atoms with Crippen LogP contribution in [0.25, 0.3) is 10.7 Å². The van der Waals surface area contributed by atoms with Crippen LogP contribution < -0.4 is 11.1 Å². The molecule has 9 heteroatoms. The van der Waals surface area contributed by atoms with E-state index in [1.807, 2.05) is 6.92 Å². The maximum absolute atomic E-state index is 12.4. The van der Waals surface area contributed by atoms with E-state index in [1.54, 1.807) is 24.0 Å². The van der Waals surface area contributed by atoms with Gasteiger partial charge in [0.2, 0.25) is 0 Å². The Labute approximate surface area is 158 Å². The Bertz CT molecular complexity index is 638. The zero-order valence-corrected chi connectivity index (χ0v) is 16.3. The first-order valence-corrected chi connectivity index (χ1v) is 8.06. The first kappa shape index (κ1) is 22.7. The van der Waals surface area contributed by atoms with E-state index in [0.29, 0.717) is 28.9 Å². The van der Waals surface area contributed by atoms with Gasteiger partial charge in [0.1, 0.15) is 16.4 Å². The van der Waals surface area contributed by atoms with E-state index in [1.165, 1.54) is 11.3 Å². The summed E-state index contributed by atoms with van der Waals surface area (Å²) in [6.07, 6.45) is 5.65. The molecule has 0 radical (unpaired) electrons. The predicted molar refractivity (Wildman–Crippen MR) is 102 cm³/mol. The van der Waals surface area contributed by atoms with Crippen LogP contribution in [-0.4, -0.2) is 32.9 Å². The lowest BCUT2D eigenvalue weighted by Crippen LogP contribution is -2.52. The second kappa shape index (κ2) is 9.88. The topological polar surface area (TPSA) is 93.8 Å². The smallest absolute Gasteiger partial charge is 0.271 e. The third-order valence-corrected chi connectivity index (χ3v) is 4.11. The minimum absolute atomic E-state index is 0. The molecular weight excluding hydrogens is 369 g/mol. The van der Waals surface area contributed by atoms with Gasteiger partial charge < -0.3 is 11.1 Å². The molecule has 0 saturated heterocycles. The fourth-order valence-corrected chi connectivity index (χ4v) is 3.09. The molecule has 0 bridgehead atoms. The number of halogens is 2. The zero-order valence-electron chi connectivity index (χ0n) is 13.9. The highest BCUT2D eigenvalue weighted by atomic mass is 35.5. The molecule has 0 aromatic carbocycles. The number of nitrogens with one attached hydrogen (secondary N) is 1. The van der Waals surface area contributed by atoms with Crippen molar-refractivity contribution in [3.8, 4) is 10.7 Å². The molecule has 24 heavy (non-hydrogen) atoms. The van der Waals surface area contributed by atoms with Gasteiger partial charge in [0.25, 0.3) is 5.91 Å². The molecule has 6 nitrogen and oxygen atoms in total. The van der Waals surface area contributed by atoms with Crippen molar-refractivity contribution in [1.82, 2.24) is 20.3 Å². The van der Waals surface area contributed by atoms with Gasteiger partial charge in [-0.25, -0.2) is 4.98 Å². The normalized spacial score (nSPS) is 12.7. The number of carbonyl (C=O) groups excluding carboxylic acids is 1. The molecule has 0 spiro atoms. The average molecular weight is 392 g/mol. The highest BCUT2D eigenvalue weighted by Gasteiger charge is 2.27. The number of nitrogens with zero attached hydrogens (tertiary/aromatic N) is 3. The number of aromatic nitrogens is 3. The summed E-state index contributed by atoms with van der Waals surface area (Å²) in [7, 11) is 0. The fraction of sp³-hybridized carbons (Fsp3) is 0.467. The number of hydrogen-bond donors (Lipinski definition) is 2. The molecule has 2 heterocycles. The van der Waals surface area contributed by atoms with Gasteiger partial charge in [-0.3, -0.25) is 14.8 Å². The van der Waals surface area contributed by atoms with Crippen molar-refractivity contribution >= 4 is 42.1 Å². The van der Waals surface area contributed by atoms with E-state index in [0.717, 1.165) is 6.42 Å². The summed E-state index contributed by atoms with van der Waals surface area (Å²) in [6, 6.07) is 0. The van der Waals surface area contributed by atoms with Crippen molar-refractivity contribution in [1.29, 1.82) is 0 Å². The Hall–Kier alpha value is -1.28. The number of carbonyl (C=O) groups is 1. The standard InChI is InChI=1S/C15H21N5OS.2ClH/c1-10(2)6-15(3,9-16)20-13(21)12-8-22-14(19-12)11-7-17-4-5-18-11;;/h4-5,7-8,10H,6,9,16H2,1-3H3,(H,20,21);2*1H. The van der Waals surface area contributed by atoms with Crippen LogP contribution in [0.3, 0.4) is 0 Å². The van der Waals surface area contributed by atoms with Crippen LogP contribution in [-0.2, 0) is 0 Å². The van der Waals surface area contributed by atoms with Crippen LogP contribution in [0, 0.1) is 5.92 Å². The molecule has 3 N–H and O–H groups in total. The summed E-state index contributed by atoms with van der Waals surface area (Å²) >= 11 is 1.37. The lowest BCUT2D eigenvalue weighted by molar-refractivity contribution is 0.0894. The molecule has 134 valence electrons. The number of thiazole rings is 1. The predicted octanol–water partition coefficient (Wildman–Crippen LogP) is 2.94. The summed E-state index contributed by atoms with van der Waals surface area (Å²) in [6.45, 7) is 6.56. The molecule has 0 fully saturated rings. The van der Waals surface area contributed by atoms with E-state index in [2.05, 4.69) is 34.1 Å². The van der Waals surface area contributed by atoms with Crippen molar-refractivity contribution in [3.63, 3.8) is 0 Å². The van der Waals surface area contributed by atoms with Crippen LogP contribution in [0.5, 0.6) is 0 Å². The second-order valence-electron chi connectivity index (χ2n) is 5.95. The Morgan fingerprint density at radius 2 is 2.08 bits per heavy atom. The molecule has 2 aromatic heterocycles. The number of nitrogens with two attached hydrogens (primary N) is 1. The minimum atomic E-state index is -0.429. The molecule has 1 atom stereocenters. The Balaban J connectivity index is 0.00000264. The minimum Gasteiger partial charge on any atom is -0.344 e. The second-order valence-corrected chi connectivity index (χ2v) is 6.80. The van der Waals surface area contributed by atoms with Gasteiger partial charge in [0, 0.05) is 24.3 Å². The van der Waals surface area contributed by atoms with Crippen LogP contribution in [0.1, 0.15) is 37.7 Å². The van der Waals surface area contributed by atoms with Gasteiger partial charge in [-0.15, -0.1) is 36.2 Å². The van der Waals surface area contributed by atoms with Gasteiger partial charge in [0.05, 0.1) is 11.7 Å². The lowest BCUT2D eigenvalue weighted by Gasteiger charge is -2.30. The number of hydrogen-bond acceptors (Lipinski definition) is 6. The van der Waals surface area contributed by atoms with Gasteiger partial charge >= 0.3 is 0 Å². The summed E-state index contributed by atoms with van der Waals surface area (Å²) in [5.41, 5.74) is 6.44. The van der Waals surface area contributed by atoms with E-state index in [9.17, 15) is 4.79 Å². The highest BCUT2D eigenvalue weighted by Crippen LogP contribution is 2.22. The van der Waals surface area contributed by atoms with Crippen LogP contribution in [0.15, 0.2) is 24.0 Å². The van der Waals surface area contributed by atoms with E-state index < -0.39 is 5.54 Å². The highest BCUT2D eigenvalue weighted by molar-refractivity contribution is 7.13. The van der Waals surface area contributed by atoms with Gasteiger partial charge in [-0.2, -0.15) is 0 Å². The monoisotopic (exact) mass is 391 g/mol. The zero-order chi connectivity index (χ0) is 16.2. The Morgan fingerprint density at radius 3 is 2.62 bits per heavy atom. The summed E-state index contributed by atoms with van der Waals surface area (Å²) in [4.78, 5) is 24.9. The molecule has 2 rings (SSSR count). The first-order chi connectivity index (χ1) is 10.4. The van der Waals surface area contributed by atoms with Crippen molar-refractivity contribution < 1.29 is 4.79 Å². The molecule has 0 aliphatic heterocycles. The maximum Gasteiger partial charge on any atom is 0.271 e. The largest absolute Gasteiger partial charge is 0.344 e. The van der Waals surface area contributed by atoms with Crippen LogP contribution in [0.2, 0.25) is 0 Å². The van der Waals surface area contributed by atoms with Crippen LogP contribution in [0.4, 0.5) is 0 Å². The molecule has 2 aromatic rings. The lowest BCUT2D eigenvalue weighted by atomic mass is 9.90. The molecule has 1 unspecified atom stereocenters. The van der Waals surface area contributed by atoms with Crippen molar-refractivity contribution in [2.45, 2.75) is 32.7 Å². The van der Waals surface area contributed by atoms with Crippen molar-refractivity contribution in [2.75, 3.05) is 6.54 Å². The van der Waals surface area contributed by atoms with Crippen molar-refractivity contribution in [2.24, 2.45) is 11.7 Å². The third kappa shape index (κ3) is 5.98. The van der Waals surface area contributed by atoms with Crippen molar-refractivity contribution in [3.05, 3.63) is 29.7 Å². The average Bonchev–Trinajstić information content (AvgIpc) is 2.97. The Morgan fingerprint density at radius 1 is 1.38 bits per heavy atom. The van der Waals surface area contributed by atoms with E-state index >= 15 is 0 Å². The van der Waals surface area contributed by atoms with E-state index in [4.69, 9.17) is 5.73 Å². The van der Waals surface area contributed by atoms with Gasteiger partial charge in [-0.05, 0) is 19.3 Å². The Kier molecular flexibility index (Phi) is 9.35. The fourth-order valence-electron chi connectivity index (χ4n) is 2.33. The number of rotatable bonds is 6. The summed E-state index contributed by atoms with van der Waals surface area (Å²) in [5.74, 6) is 0.236. The van der Waals surface area contributed by atoms with Gasteiger partial charge in [0.15, 0.2) is 0 Å². The third-order valence-electron chi connectivity index (χ3n) is 3.24. The SMILES string of the molecule is CC(C)CC(C)(CN)NC(=O)c1csc(-c2cnccn2)n1.Cl.Cl. The maximum atomic E-state index is 12.4. The molecular formula is C15H23Cl2N5OS. The first-order valence-electron chi connectivity index (χ1n) is 7.18. The molecule has 0 aliphatic carbocycles. The van der Waals surface area contributed by atoms with E-state index in [-0.39, 0.29) is 30.7 Å². The molecule has 0 aliphatic rings. The molecule has 0 saturated carbocycles. The summed E-state index contributed by atoms with van der Waals surface area (Å²) in [5, 5.41) is 5.40. The quantitative estimate of drug-likeness (QED) is 0.788. The number of amides is 1.